The molecule has 6 nitrogen and oxygen atoms in total. The van der Waals surface area contributed by atoms with Crippen LogP contribution in [0.4, 0.5) is 0 Å². The first-order valence-corrected chi connectivity index (χ1v) is 12.1. The number of aliphatic hydroxyl groups is 1. The van der Waals surface area contributed by atoms with Gasteiger partial charge in [-0.25, -0.2) is 0 Å². The van der Waals surface area contributed by atoms with Crippen molar-refractivity contribution >= 4 is 17.5 Å². The number of nitrogens with zero attached hydrogens (tertiary/aromatic N) is 2. The predicted octanol–water partition coefficient (Wildman–Crippen LogP) is 5.49. The van der Waals surface area contributed by atoms with Crippen molar-refractivity contribution in [3.05, 3.63) is 34.5 Å². The first-order chi connectivity index (χ1) is 16.6. The third-order valence-electron chi connectivity index (χ3n) is 6.34. The van der Waals surface area contributed by atoms with Crippen LogP contribution in [-0.4, -0.2) is 40.0 Å². The Kier molecular flexibility index (Phi) is 6.55. The number of rotatable bonds is 7. The number of hydrogen-bond donors (Lipinski definition) is 2. The van der Waals surface area contributed by atoms with Crippen LogP contribution in [0.1, 0.15) is 80.5 Å². The Morgan fingerprint density at radius 1 is 1.39 bits per heavy atom. The van der Waals surface area contributed by atoms with Gasteiger partial charge in [0.2, 0.25) is 0 Å². The standard InChI is InChI=1S/C26H38ClN3O3/c1-7-30-23(19-9-8-18(14-20(19)33-6)15-25(3,4)5)21(27)22(29-30)24(31)28-16-26(32)12-10-17(2)11-13-26/h8-9,14,17,32H,7,10-13,15-16H2,1-6H3,(H,28,31)/i6D3. The summed E-state index contributed by atoms with van der Waals surface area (Å²) in [6, 6.07) is 5.40. The number of ether oxygens (including phenoxy) is 1. The van der Waals surface area contributed by atoms with Gasteiger partial charge in [-0.05, 0) is 68.1 Å². The van der Waals surface area contributed by atoms with Gasteiger partial charge in [0, 0.05) is 18.7 Å². The van der Waals surface area contributed by atoms with E-state index in [0.717, 1.165) is 24.8 Å². The van der Waals surface area contributed by atoms with Crippen LogP contribution < -0.4 is 10.1 Å². The highest BCUT2D eigenvalue weighted by atomic mass is 35.5. The van der Waals surface area contributed by atoms with Crippen LogP contribution in [-0.2, 0) is 13.0 Å². The Hall–Kier alpha value is -2.05. The maximum absolute atomic E-state index is 13.0. The first-order valence-electron chi connectivity index (χ1n) is 13.2. The maximum Gasteiger partial charge on any atom is 0.273 e. The maximum atomic E-state index is 13.0. The third kappa shape index (κ3) is 6.10. The number of amides is 1. The van der Waals surface area contributed by atoms with Crippen molar-refractivity contribution in [2.45, 2.75) is 78.9 Å². The molecule has 3 rings (SSSR count). The van der Waals surface area contributed by atoms with E-state index in [9.17, 15) is 9.90 Å². The molecule has 0 saturated heterocycles. The molecule has 0 spiro atoms. The Balaban J connectivity index is 1.94. The summed E-state index contributed by atoms with van der Waals surface area (Å²) in [6.45, 7) is 10.9. The molecule has 1 amide bonds. The lowest BCUT2D eigenvalue weighted by atomic mass is 9.79. The molecule has 1 aliphatic carbocycles. The smallest absolute Gasteiger partial charge is 0.273 e. The van der Waals surface area contributed by atoms with Crippen LogP contribution in [0.3, 0.4) is 0 Å². The molecular weight excluding hydrogens is 438 g/mol. The monoisotopic (exact) mass is 478 g/mol. The van der Waals surface area contributed by atoms with E-state index in [1.165, 1.54) is 0 Å². The van der Waals surface area contributed by atoms with Crippen molar-refractivity contribution in [2.24, 2.45) is 11.3 Å². The van der Waals surface area contributed by atoms with E-state index in [2.05, 4.69) is 38.1 Å². The molecule has 0 bridgehead atoms. The molecule has 1 aromatic heterocycles. The minimum atomic E-state index is -2.66. The fourth-order valence-electron chi connectivity index (χ4n) is 4.45. The summed E-state index contributed by atoms with van der Waals surface area (Å²) in [5, 5.41) is 18.2. The van der Waals surface area contributed by atoms with E-state index in [1.807, 2.05) is 13.0 Å². The fourth-order valence-corrected chi connectivity index (χ4v) is 4.77. The van der Waals surface area contributed by atoms with E-state index in [1.54, 1.807) is 16.8 Å². The van der Waals surface area contributed by atoms with Gasteiger partial charge >= 0.3 is 0 Å². The third-order valence-corrected chi connectivity index (χ3v) is 6.70. The Morgan fingerprint density at radius 2 is 2.09 bits per heavy atom. The number of carbonyl (C=O) groups is 1. The fraction of sp³-hybridized carbons (Fsp3) is 0.615. The normalized spacial score (nSPS) is 22.9. The summed E-state index contributed by atoms with van der Waals surface area (Å²) in [5.74, 6) is 0.244. The second-order valence-electron chi connectivity index (χ2n) is 10.6. The number of aromatic nitrogens is 2. The molecular formula is C26H38ClN3O3. The lowest BCUT2D eigenvalue weighted by molar-refractivity contribution is -0.00544. The number of benzene rings is 1. The first kappa shape index (κ1) is 21.5. The second-order valence-corrected chi connectivity index (χ2v) is 11.0. The van der Waals surface area contributed by atoms with Crippen molar-refractivity contribution in [1.82, 2.24) is 15.1 Å². The highest BCUT2D eigenvalue weighted by molar-refractivity contribution is 6.36. The average molecular weight is 479 g/mol. The molecule has 33 heavy (non-hydrogen) atoms. The minimum absolute atomic E-state index is 0.00664. The summed E-state index contributed by atoms with van der Waals surface area (Å²) in [5.41, 5.74) is 0.872. The van der Waals surface area contributed by atoms with Gasteiger partial charge < -0.3 is 15.2 Å². The van der Waals surface area contributed by atoms with Gasteiger partial charge in [0.05, 0.1) is 27.5 Å². The van der Waals surface area contributed by atoms with Gasteiger partial charge in [0.1, 0.15) is 5.75 Å². The molecule has 2 aromatic rings. The van der Waals surface area contributed by atoms with Gasteiger partial charge in [-0.15, -0.1) is 0 Å². The lowest BCUT2D eigenvalue weighted by Crippen LogP contribution is -2.45. The Morgan fingerprint density at radius 3 is 2.70 bits per heavy atom. The van der Waals surface area contributed by atoms with Crippen LogP contribution in [0, 0.1) is 11.3 Å². The summed E-state index contributed by atoms with van der Waals surface area (Å²) < 4.78 is 29.9. The van der Waals surface area contributed by atoms with Crippen LogP contribution in [0.5, 0.6) is 5.75 Å². The van der Waals surface area contributed by atoms with Crippen LogP contribution in [0.2, 0.25) is 5.02 Å². The highest BCUT2D eigenvalue weighted by Crippen LogP contribution is 2.38. The lowest BCUT2D eigenvalue weighted by Gasteiger charge is -2.34. The molecule has 182 valence electrons. The van der Waals surface area contributed by atoms with E-state index in [-0.39, 0.29) is 28.4 Å². The van der Waals surface area contributed by atoms with E-state index >= 15 is 0 Å². The van der Waals surface area contributed by atoms with Gasteiger partial charge in [0.15, 0.2) is 5.69 Å². The molecule has 0 atom stereocenters. The molecule has 7 heteroatoms. The SMILES string of the molecule is [2H]C([2H])([2H])Oc1cc(CC(C)(C)C)ccc1-c1c(Cl)c(C(=O)NCC2(O)CCC(C)CC2)nn1CC. The van der Waals surface area contributed by atoms with Gasteiger partial charge in [-0.1, -0.05) is 45.4 Å². The molecule has 1 fully saturated rings. The van der Waals surface area contributed by atoms with Crippen molar-refractivity contribution in [3.63, 3.8) is 0 Å². The van der Waals surface area contributed by atoms with E-state index < -0.39 is 18.5 Å². The molecule has 0 unspecified atom stereocenters. The van der Waals surface area contributed by atoms with Crippen LogP contribution in [0.15, 0.2) is 18.2 Å². The zero-order chi connectivity index (χ0) is 26.9. The number of aryl methyl sites for hydroxylation is 1. The van der Waals surface area contributed by atoms with Crippen LogP contribution >= 0.6 is 11.6 Å². The van der Waals surface area contributed by atoms with Crippen molar-refractivity contribution in [2.75, 3.05) is 13.6 Å². The van der Waals surface area contributed by atoms with Crippen LogP contribution in [0.25, 0.3) is 11.3 Å². The second kappa shape index (κ2) is 10.1. The predicted molar refractivity (Wildman–Crippen MR) is 133 cm³/mol. The topological polar surface area (TPSA) is 76.4 Å². The Bertz CT molecular complexity index is 1080. The Labute approximate surface area is 206 Å². The zero-order valence-corrected chi connectivity index (χ0v) is 21.1. The van der Waals surface area contributed by atoms with Crippen molar-refractivity contribution in [3.8, 4) is 17.0 Å². The van der Waals surface area contributed by atoms with Gasteiger partial charge in [-0.3, -0.25) is 9.48 Å². The quantitative estimate of drug-likeness (QED) is 0.551. The minimum Gasteiger partial charge on any atom is -0.496 e. The molecule has 2 N–H and O–H groups in total. The molecule has 1 saturated carbocycles. The average Bonchev–Trinajstić information content (AvgIpc) is 3.09. The number of methoxy groups -OCH3 is 1. The van der Waals surface area contributed by atoms with Gasteiger partial charge in [-0.2, -0.15) is 5.10 Å². The summed E-state index contributed by atoms with van der Waals surface area (Å²) in [7, 11) is -2.66. The number of carbonyl (C=O) groups excluding carboxylic acids is 1. The van der Waals surface area contributed by atoms with Crippen molar-refractivity contribution in [1.29, 1.82) is 0 Å². The number of halogens is 1. The van der Waals surface area contributed by atoms with E-state index in [4.69, 9.17) is 20.5 Å². The molecule has 1 aliphatic rings. The molecule has 1 aromatic carbocycles. The number of nitrogens with one attached hydrogen (secondary N) is 1. The molecule has 1 heterocycles. The summed E-state index contributed by atoms with van der Waals surface area (Å²) >= 11 is 6.70. The molecule has 0 aliphatic heterocycles. The number of hydrogen-bond acceptors (Lipinski definition) is 4. The zero-order valence-electron chi connectivity index (χ0n) is 23.3. The summed E-state index contributed by atoms with van der Waals surface area (Å²) in [6.07, 6.45) is 3.82. The van der Waals surface area contributed by atoms with Gasteiger partial charge in [0.25, 0.3) is 5.91 Å². The molecule has 0 radical (unpaired) electrons. The summed E-state index contributed by atoms with van der Waals surface area (Å²) in [4.78, 5) is 13.0. The van der Waals surface area contributed by atoms with Crippen molar-refractivity contribution < 1.29 is 18.8 Å². The highest BCUT2D eigenvalue weighted by Gasteiger charge is 2.33. The van der Waals surface area contributed by atoms with E-state index in [0.29, 0.717) is 36.6 Å². The largest absolute Gasteiger partial charge is 0.496 e.